The molecule has 0 aromatic carbocycles. The van der Waals surface area contributed by atoms with Crippen LogP contribution >= 0.6 is 0 Å². The second kappa shape index (κ2) is 25.8. The van der Waals surface area contributed by atoms with Crippen molar-refractivity contribution in [1.29, 1.82) is 0 Å². The van der Waals surface area contributed by atoms with Crippen molar-refractivity contribution in [2.45, 2.75) is 187 Å². The van der Waals surface area contributed by atoms with Crippen LogP contribution in [0.3, 0.4) is 0 Å². The van der Waals surface area contributed by atoms with Gasteiger partial charge in [0.1, 0.15) is 0 Å². The number of carbonyl (C=O) groups excluding carboxylic acids is 1. The number of nitrogens with zero attached hydrogens (tertiary/aromatic N) is 1. The van der Waals surface area contributed by atoms with Crippen molar-refractivity contribution in [3.05, 3.63) is 11.6 Å². The van der Waals surface area contributed by atoms with Crippen molar-refractivity contribution in [1.82, 2.24) is 4.90 Å². The van der Waals surface area contributed by atoms with E-state index < -0.39 is 0 Å². The average Bonchev–Trinajstić information content (AvgIpc) is 3.70. The highest BCUT2D eigenvalue weighted by atomic mass is 16.5. The van der Waals surface area contributed by atoms with Crippen LogP contribution < -0.4 is 0 Å². The first-order valence-corrected chi connectivity index (χ1v) is 18.0. The molecule has 0 aliphatic heterocycles. The molecule has 0 bridgehead atoms. The molecule has 1 fully saturated rings. The fraction of sp³-hybridized carbons (Fsp3) is 0.919. The summed E-state index contributed by atoms with van der Waals surface area (Å²) in [5.41, 5.74) is 2.40. The van der Waals surface area contributed by atoms with E-state index in [1.54, 1.807) is 5.57 Å². The Hall–Kier alpha value is -0.830. The minimum Gasteiger partial charge on any atom is -0.466 e. The highest BCUT2D eigenvalue weighted by Crippen LogP contribution is 2.53. The summed E-state index contributed by atoms with van der Waals surface area (Å²) in [6.45, 7) is 6.18. The van der Waals surface area contributed by atoms with E-state index in [-0.39, 0.29) is 5.97 Å². The van der Waals surface area contributed by atoms with Crippen LogP contribution in [0.4, 0.5) is 0 Å². The summed E-state index contributed by atoms with van der Waals surface area (Å²) in [7, 11) is 4.09. The molecule has 3 nitrogen and oxygen atoms in total. The molecule has 0 spiro atoms. The van der Waals surface area contributed by atoms with Gasteiger partial charge in [-0.3, -0.25) is 4.79 Å². The Labute approximate surface area is 251 Å². The smallest absolute Gasteiger partial charge is 0.305 e. The maximum atomic E-state index is 11.9. The van der Waals surface area contributed by atoms with Crippen LogP contribution in [0.2, 0.25) is 0 Å². The third-order valence-electron chi connectivity index (χ3n) is 9.10. The minimum absolute atomic E-state index is 0.0194. The van der Waals surface area contributed by atoms with Crippen molar-refractivity contribution in [3.63, 3.8) is 0 Å². The molecule has 0 unspecified atom stereocenters. The molecular weight excluding hydrogens is 490 g/mol. The second-order valence-electron chi connectivity index (χ2n) is 13.4. The van der Waals surface area contributed by atoms with Gasteiger partial charge in [-0.2, -0.15) is 0 Å². The molecule has 0 aromatic heterocycles. The maximum Gasteiger partial charge on any atom is 0.305 e. The molecular formula is C37H71NO2. The van der Waals surface area contributed by atoms with E-state index in [1.165, 1.54) is 154 Å². The SMILES string of the molecule is CCCCCCCCCCC(=CCCCC1(CCCCOC(=O)CCCN(C)C)CC1)CCCCCCCCC. The largest absolute Gasteiger partial charge is 0.466 e. The van der Waals surface area contributed by atoms with E-state index in [1.807, 2.05) is 14.1 Å². The van der Waals surface area contributed by atoms with Crippen LogP contribution in [-0.4, -0.2) is 38.1 Å². The quantitative estimate of drug-likeness (QED) is 0.0496. The second-order valence-corrected chi connectivity index (χ2v) is 13.4. The number of hydrogen-bond donors (Lipinski definition) is 0. The summed E-state index contributed by atoms with van der Waals surface area (Å²) in [4.78, 5) is 14.0. The lowest BCUT2D eigenvalue weighted by Crippen LogP contribution is -2.15. The first-order chi connectivity index (χ1) is 19.5. The Balaban J connectivity index is 2.24. The molecule has 0 aromatic rings. The van der Waals surface area contributed by atoms with E-state index >= 15 is 0 Å². The molecule has 0 amide bonds. The van der Waals surface area contributed by atoms with Gasteiger partial charge in [0.2, 0.25) is 0 Å². The number of hydrogen-bond acceptors (Lipinski definition) is 3. The van der Waals surface area contributed by atoms with Crippen molar-refractivity contribution < 1.29 is 9.53 Å². The standard InChI is InChI=1S/C37H71NO2/c1-5-7-9-11-13-15-17-19-26-35(25-18-16-14-12-10-8-6-2)27-20-21-29-37(31-32-37)30-22-23-34-40-36(39)28-24-33-38(3)4/h27H,5-26,28-34H2,1-4H3. The average molecular weight is 562 g/mol. The Bertz CT molecular complexity index is 607. The molecule has 1 aliphatic rings. The van der Waals surface area contributed by atoms with E-state index in [0.717, 1.165) is 19.4 Å². The first kappa shape index (κ1) is 37.2. The van der Waals surface area contributed by atoms with Crippen LogP contribution in [0, 0.1) is 5.41 Å². The molecule has 0 atom stereocenters. The van der Waals surface area contributed by atoms with Crippen LogP contribution in [-0.2, 0) is 9.53 Å². The Morgan fingerprint density at radius 3 is 1.70 bits per heavy atom. The van der Waals surface area contributed by atoms with E-state index in [0.29, 0.717) is 18.4 Å². The Kier molecular flexibility index (Phi) is 24.0. The summed E-state index contributed by atoms with van der Waals surface area (Å²) in [6, 6.07) is 0. The Morgan fingerprint density at radius 1 is 0.650 bits per heavy atom. The molecule has 0 heterocycles. The zero-order chi connectivity index (χ0) is 29.2. The first-order valence-electron chi connectivity index (χ1n) is 18.0. The van der Waals surface area contributed by atoms with Crippen LogP contribution in [0.25, 0.3) is 0 Å². The molecule has 1 saturated carbocycles. The lowest BCUT2D eigenvalue weighted by Gasteiger charge is -2.15. The van der Waals surface area contributed by atoms with Gasteiger partial charge >= 0.3 is 5.97 Å². The van der Waals surface area contributed by atoms with Crippen LogP contribution in [0.15, 0.2) is 11.6 Å². The van der Waals surface area contributed by atoms with Crippen LogP contribution in [0.1, 0.15) is 187 Å². The number of rotatable bonds is 30. The number of esters is 1. The summed E-state index contributed by atoms with van der Waals surface area (Å²) in [6.07, 6.45) is 38.5. The third kappa shape index (κ3) is 22.8. The summed E-state index contributed by atoms with van der Waals surface area (Å²) in [5.74, 6) is -0.0194. The van der Waals surface area contributed by atoms with E-state index in [4.69, 9.17) is 4.74 Å². The molecule has 0 saturated heterocycles. The van der Waals surface area contributed by atoms with Crippen LogP contribution in [0.5, 0.6) is 0 Å². The predicted molar refractivity (Wildman–Crippen MR) is 176 cm³/mol. The molecule has 0 radical (unpaired) electrons. The summed E-state index contributed by atoms with van der Waals surface area (Å²) >= 11 is 0. The van der Waals surface area contributed by atoms with E-state index in [9.17, 15) is 4.79 Å². The third-order valence-corrected chi connectivity index (χ3v) is 9.10. The van der Waals surface area contributed by atoms with Gasteiger partial charge in [0, 0.05) is 6.42 Å². The van der Waals surface area contributed by atoms with Gasteiger partial charge in [-0.1, -0.05) is 109 Å². The highest BCUT2D eigenvalue weighted by molar-refractivity contribution is 5.69. The fourth-order valence-electron chi connectivity index (χ4n) is 6.11. The fourth-order valence-corrected chi connectivity index (χ4v) is 6.11. The summed E-state index contributed by atoms with van der Waals surface area (Å²) in [5, 5.41) is 0. The highest BCUT2D eigenvalue weighted by Gasteiger charge is 2.40. The molecule has 1 aliphatic carbocycles. The van der Waals surface area contributed by atoms with Crippen molar-refractivity contribution in [2.75, 3.05) is 27.2 Å². The molecule has 0 N–H and O–H groups in total. The molecule has 3 heteroatoms. The van der Waals surface area contributed by atoms with Crippen molar-refractivity contribution in [2.24, 2.45) is 5.41 Å². The van der Waals surface area contributed by atoms with E-state index in [2.05, 4.69) is 24.8 Å². The van der Waals surface area contributed by atoms with Crippen molar-refractivity contribution in [3.8, 4) is 0 Å². The molecule has 236 valence electrons. The van der Waals surface area contributed by atoms with Crippen molar-refractivity contribution >= 4 is 5.97 Å². The Morgan fingerprint density at radius 2 is 1.18 bits per heavy atom. The number of carbonyl (C=O) groups is 1. The number of allylic oxidation sites excluding steroid dienone is 2. The maximum absolute atomic E-state index is 11.9. The minimum atomic E-state index is -0.0194. The lowest BCUT2D eigenvalue weighted by molar-refractivity contribution is -0.143. The summed E-state index contributed by atoms with van der Waals surface area (Å²) < 4.78 is 5.45. The molecule has 1 rings (SSSR count). The normalized spacial score (nSPS) is 14.7. The van der Waals surface area contributed by atoms with Gasteiger partial charge in [0.15, 0.2) is 0 Å². The van der Waals surface area contributed by atoms with Gasteiger partial charge in [0.25, 0.3) is 0 Å². The number of ether oxygens (including phenoxy) is 1. The monoisotopic (exact) mass is 562 g/mol. The zero-order valence-corrected chi connectivity index (χ0v) is 27.8. The van der Waals surface area contributed by atoms with Gasteiger partial charge < -0.3 is 9.64 Å². The zero-order valence-electron chi connectivity index (χ0n) is 27.8. The van der Waals surface area contributed by atoms with Gasteiger partial charge in [-0.15, -0.1) is 0 Å². The topological polar surface area (TPSA) is 29.5 Å². The lowest BCUT2D eigenvalue weighted by atomic mass is 9.92. The number of unbranched alkanes of at least 4 members (excludes halogenated alkanes) is 15. The van der Waals surface area contributed by atoms with Gasteiger partial charge in [-0.05, 0) is 110 Å². The molecule has 40 heavy (non-hydrogen) atoms. The predicted octanol–water partition coefficient (Wildman–Crippen LogP) is 11.6. The van der Waals surface area contributed by atoms with Gasteiger partial charge in [0.05, 0.1) is 6.61 Å². The van der Waals surface area contributed by atoms with Gasteiger partial charge in [-0.25, -0.2) is 0 Å².